The van der Waals surface area contributed by atoms with Crippen LogP contribution in [-0.4, -0.2) is 74.6 Å². The average Bonchev–Trinajstić information content (AvgIpc) is 2.70. The first-order valence-electron chi connectivity index (χ1n) is 8.86. The van der Waals surface area contributed by atoms with E-state index in [1.165, 1.54) is 0 Å². The molecule has 1 saturated heterocycles. The number of aliphatic hydroxyl groups excluding tert-OH is 4. The molecule has 2 aromatic rings. The molecule has 5 atom stereocenters. The lowest BCUT2D eigenvalue weighted by molar-refractivity contribution is -0.300. The minimum absolute atomic E-state index is 0.175. The molecule has 28 heavy (non-hydrogen) atoms. The van der Waals surface area contributed by atoms with E-state index in [1.54, 1.807) is 48.5 Å². The maximum atomic E-state index is 9.78. The van der Waals surface area contributed by atoms with Gasteiger partial charge in [0.15, 0.2) is 6.29 Å². The van der Waals surface area contributed by atoms with Crippen molar-refractivity contribution in [3.05, 3.63) is 60.2 Å². The van der Waals surface area contributed by atoms with Gasteiger partial charge in [-0.15, -0.1) is 0 Å². The molecule has 3 rings (SSSR count). The highest BCUT2D eigenvalue weighted by molar-refractivity contribution is 5.25. The summed E-state index contributed by atoms with van der Waals surface area (Å²) in [5.41, 5.74) is 0.928. The smallest absolute Gasteiger partial charge is 0.186 e. The van der Waals surface area contributed by atoms with E-state index in [9.17, 15) is 20.4 Å². The van der Waals surface area contributed by atoms with Gasteiger partial charge in [0.25, 0.3) is 0 Å². The van der Waals surface area contributed by atoms with Crippen molar-refractivity contribution in [3.63, 3.8) is 0 Å². The Balaban J connectivity index is 0.000000336. The zero-order chi connectivity index (χ0) is 20.5. The number of aliphatic hydroxyl groups is 4. The van der Waals surface area contributed by atoms with Crippen molar-refractivity contribution < 1.29 is 40.1 Å². The first kappa shape index (κ1) is 22.1. The highest BCUT2D eigenvalue weighted by Gasteiger charge is 2.43. The maximum absolute atomic E-state index is 9.78. The molecule has 0 amide bonds. The van der Waals surface area contributed by atoms with Crippen molar-refractivity contribution in [2.45, 2.75) is 37.1 Å². The lowest BCUT2D eigenvalue weighted by Crippen LogP contribution is -2.59. The quantitative estimate of drug-likeness (QED) is 0.421. The number of hydrogen-bond donors (Lipinski definition) is 6. The minimum atomic E-state index is -1.44. The van der Waals surface area contributed by atoms with Gasteiger partial charge in [-0.3, -0.25) is 0 Å². The molecule has 0 unspecified atom stereocenters. The molecule has 1 aliphatic heterocycles. The monoisotopic (exact) mass is 394 g/mol. The summed E-state index contributed by atoms with van der Waals surface area (Å²) in [5.74, 6) is 0.496. The number of benzene rings is 2. The second-order valence-corrected chi connectivity index (χ2v) is 6.32. The number of ether oxygens (including phenoxy) is 2. The fourth-order valence-corrected chi connectivity index (χ4v) is 2.59. The summed E-state index contributed by atoms with van der Waals surface area (Å²) < 4.78 is 10.6. The van der Waals surface area contributed by atoms with E-state index in [0.29, 0.717) is 12.2 Å². The summed E-state index contributed by atoms with van der Waals surface area (Å²) in [7, 11) is 0. The molecule has 1 fully saturated rings. The predicted molar refractivity (Wildman–Crippen MR) is 99.6 cm³/mol. The van der Waals surface area contributed by atoms with Crippen LogP contribution in [0.25, 0.3) is 0 Å². The number of hydrogen-bond acceptors (Lipinski definition) is 8. The third kappa shape index (κ3) is 6.45. The van der Waals surface area contributed by atoms with Crippen molar-refractivity contribution in [2.75, 3.05) is 13.2 Å². The Morgan fingerprint density at radius 1 is 0.786 bits per heavy atom. The first-order chi connectivity index (χ1) is 13.4. The molecule has 2 aromatic carbocycles. The second kappa shape index (κ2) is 11.0. The standard InChI is InChI=1S/C14H20O7.C6H6O/c15-7-10-11(17)12(18)13(19)14(21-10)20-6-5-8-1-3-9(16)4-2-8;7-6-4-2-1-3-5-6/h1-4,10-19H,5-7H2;1-5,7H/t10-,11-,12+,13-,14-;/m1./s1. The van der Waals surface area contributed by atoms with E-state index in [4.69, 9.17) is 19.7 Å². The molecule has 154 valence electrons. The molecule has 0 spiro atoms. The van der Waals surface area contributed by atoms with Crippen LogP contribution in [0.3, 0.4) is 0 Å². The lowest BCUT2D eigenvalue weighted by atomic mass is 9.99. The van der Waals surface area contributed by atoms with Gasteiger partial charge in [-0.1, -0.05) is 30.3 Å². The zero-order valence-electron chi connectivity index (χ0n) is 15.2. The summed E-state index contributed by atoms with van der Waals surface area (Å²) in [6.45, 7) is -0.268. The Hall–Kier alpha value is -2.20. The average molecular weight is 394 g/mol. The lowest BCUT2D eigenvalue weighted by Gasteiger charge is -2.39. The van der Waals surface area contributed by atoms with Gasteiger partial charge in [0, 0.05) is 0 Å². The molecular weight excluding hydrogens is 368 g/mol. The van der Waals surface area contributed by atoms with Crippen LogP contribution in [0.1, 0.15) is 5.56 Å². The number of aromatic hydroxyl groups is 2. The van der Waals surface area contributed by atoms with E-state index in [-0.39, 0.29) is 12.4 Å². The summed E-state index contributed by atoms with van der Waals surface area (Å²) in [6, 6.07) is 15.3. The molecule has 0 radical (unpaired) electrons. The highest BCUT2D eigenvalue weighted by atomic mass is 16.7. The Labute approximate surface area is 162 Å². The number of phenols is 2. The number of para-hydroxylation sites is 1. The van der Waals surface area contributed by atoms with Crippen LogP contribution in [0.5, 0.6) is 11.5 Å². The summed E-state index contributed by atoms with van der Waals surface area (Å²) in [6.07, 6.45) is -5.77. The third-order valence-electron chi connectivity index (χ3n) is 4.21. The van der Waals surface area contributed by atoms with Crippen molar-refractivity contribution >= 4 is 0 Å². The predicted octanol–water partition coefficient (Wildman–Crippen LogP) is 0.143. The number of rotatable bonds is 5. The maximum Gasteiger partial charge on any atom is 0.186 e. The molecule has 8 nitrogen and oxygen atoms in total. The molecule has 1 aliphatic rings. The van der Waals surface area contributed by atoms with Crippen molar-refractivity contribution in [1.82, 2.24) is 0 Å². The minimum Gasteiger partial charge on any atom is -0.508 e. The third-order valence-corrected chi connectivity index (χ3v) is 4.21. The van der Waals surface area contributed by atoms with Crippen molar-refractivity contribution in [1.29, 1.82) is 0 Å². The zero-order valence-corrected chi connectivity index (χ0v) is 15.2. The van der Waals surface area contributed by atoms with Crippen molar-refractivity contribution in [2.24, 2.45) is 0 Å². The van der Waals surface area contributed by atoms with Crippen LogP contribution in [0.4, 0.5) is 0 Å². The second-order valence-electron chi connectivity index (χ2n) is 6.32. The summed E-state index contributed by atoms with van der Waals surface area (Å²) in [5, 5.41) is 55.9. The van der Waals surface area contributed by atoms with Gasteiger partial charge in [0.05, 0.1) is 13.2 Å². The number of phenolic OH excluding ortho intramolecular Hbond substituents is 2. The van der Waals surface area contributed by atoms with Crippen LogP contribution in [-0.2, 0) is 15.9 Å². The van der Waals surface area contributed by atoms with E-state index >= 15 is 0 Å². The van der Waals surface area contributed by atoms with Gasteiger partial charge in [0.1, 0.15) is 35.9 Å². The molecule has 8 heteroatoms. The van der Waals surface area contributed by atoms with Crippen LogP contribution in [0.15, 0.2) is 54.6 Å². The first-order valence-corrected chi connectivity index (χ1v) is 8.86. The highest BCUT2D eigenvalue weighted by Crippen LogP contribution is 2.22. The fraction of sp³-hybridized carbons (Fsp3) is 0.400. The van der Waals surface area contributed by atoms with Gasteiger partial charge in [-0.25, -0.2) is 0 Å². The van der Waals surface area contributed by atoms with Crippen LogP contribution >= 0.6 is 0 Å². The van der Waals surface area contributed by atoms with E-state index in [1.807, 2.05) is 6.07 Å². The van der Waals surface area contributed by atoms with E-state index in [0.717, 1.165) is 5.56 Å². The molecule has 0 aliphatic carbocycles. The van der Waals surface area contributed by atoms with Gasteiger partial charge < -0.3 is 40.1 Å². The van der Waals surface area contributed by atoms with Crippen LogP contribution < -0.4 is 0 Å². The summed E-state index contributed by atoms with van der Waals surface area (Å²) in [4.78, 5) is 0. The fourth-order valence-electron chi connectivity index (χ4n) is 2.59. The molecular formula is C20H26O8. The molecule has 1 heterocycles. The van der Waals surface area contributed by atoms with Crippen molar-refractivity contribution in [3.8, 4) is 11.5 Å². The molecule has 0 saturated carbocycles. The van der Waals surface area contributed by atoms with Gasteiger partial charge in [0.2, 0.25) is 0 Å². The Bertz CT molecular complexity index is 676. The largest absolute Gasteiger partial charge is 0.508 e. The molecule has 0 bridgehead atoms. The normalized spacial score (nSPS) is 26.9. The van der Waals surface area contributed by atoms with Gasteiger partial charge in [-0.05, 0) is 36.2 Å². The SMILES string of the molecule is OC[C@H]1O[C@@H](OCCc2ccc(O)cc2)[C@H](O)[C@@H](O)[C@@H]1O.Oc1ccccc1. The molecule has 6 N–H and O–H groups in total. The van der Waals surface area contributed by atoms with E-state index in [2.05, 4.69) is 0 Å². The van der Waals surface area contributed by atoms with Crippen LogP contribution in [0, 0.1) is 0 Å². The molecule has 0 aromatic heterocycles. The van der Waals surface area contributed by atoms with Gasteiger partial charge in [-0.2, -0.15) is 0 Å². The Morgan fingerprint density at radius 3 is 1.93 bits per heavy atom. The topological polar surface area (TPSA) is 140 Å². The van der Waals surface area contributed by atoms with Crippen LogP contribution in [0.2, 0.25) is 0 Å². The summed E-state index contributed by atoms with van der Waals surface area (Å²) >= 11 is 0. The van der Waals surface area contributed by atoms with Gasteiger partial charge >= 0.3 is 0 Å². The van der Waals surface area contributed by atoms with E-state index < -0.39 is 37.3 Å². The Kier molecular flexibility index (Phi) is 8.65. The Morgan fingerprint density at radius 2 is 1.39 bits per heavy atom.